The fourth-order valence-corrected chi connectivity index (χ4v) is 1.91. The van der Waals surface area contributed by atoms with Crippen LogP contribution < -0.4 is 0 Å². The van der Waals surface area contributed by atoms with Crippen molar-refractivity contribution in [2.24, 2.45) is 0 Å². The second-order valence-corrected chi connectivity index (χ2v) is 4.63. The topological polar surface area (TPSA) is 57.6 Å². The molecule has 18 heavy (non-hydrogen) atoms. The van der Waals surface area contributed by atoms with E-state index in [-0.39, 0.29) is 19.0 Å². The number of rotatable bonds is 5. The van der Waals surface area contributed by atoms with Crippen molar-refractivity contribution in [3.8, 4) is 0 Å². The molecule has 0 saturated carbocycles. The molecule has 0 bridgehead atoms. The average molecular weight is 312 g/mol. The molecule has 0 saturated heterocycles. The van der Waals surface area contributed by atoms with E-state index in [1.165, 1.54) is 11.0 Å². The number of hydrogen-bond acceptors (Lipinski definition) is 2. The van der Waals surface area contributed by atoms with Crippen LogP contribution in [-0.2, 0) is 4.79 Å². The van der Waals surface area contributed by atoms with E-state index in [1.54, 1.807) is 12.1 Å². The summed E-state index contributed by atoms with van der Waals surface area (Å²) < 4.78 is 0.822. The monoisotopic (exact) mass is 311 g/mol. The highest BCUT2D eigenvalue weighted by Crippen LogP contribution is 2.20. The maximum atomic E-state index is 12.2. The number of carbonyl (C=O) groups is 2. The Labute approximate surface area is 114 Å². The van der Waals surface area contributed by atoms with Crippen LogP contribution in [0.1, 0.15) is 15.9 Å². The third-order valence-electron chi connectivity index (χ3n) is 2.46. The zero-order valence-electron chi connectivity index (χ0n) is 10.0. The minimum Gasteiger partial charge on any atom is -0.480 e. The first-order valence-corrected chi connectivity index (χ1v) is 6.13. The van der Waals surface area contributed by atoms with E-state index in [4.69, 9.17) is 5.11 Å². The normalized spacial score (nSPS) is 9.89. The van der Waals surface area contributed by atoms with Gasteiger partial charge in [0.15, 0.2) is 0 Å². The molecule has 1 aromatic carbocycles. The van der Waals surface area contributed by atoms with Crippen molar-refractivity contribution < 1.29 is 14.7 Å². The lowest BCUT2D eigenvalue weighted by Gasteiger charge is -2.20. The van der Waals surface area contributed by atoms with Crippen molar-refractivity contribution in [2.75, 3.05) is 13.1 Å². The van der Waals surface area contributed by atoms with Crippen LogP contribution in [0.4, 0.5) is 0 Å². The van der Waals surface area contributed by atoms with Crippen molar-refractivity contribution in [3.05, 3.63) is 46.5 Å². The number of nitrogens with zero attached hydrogens (tertiary/aromatic N) is 1. The maximum absolute atomic E-state index is 12.2. The number of hydrogen-bond donors (Lipinski definition) is 1. The molecule has 96 valence electrons. The molecule has 0 aliphatic carbocycles. The third-order valence-corrected chi connectivity index (χ3v) is 3.32. The summed E-state index contributed by atoms with van der Waals surface area (Å²) in [5.74, 6) is -1.35. The van der Waals surface area contributed by atoms with Gasteiger partial charge in [0.1, 0.15) is 6.54 Å². The third kappa shape index (κ3) is 3.43. The van der Waals surface area contributed by atoms with Gasteiger partial charge >= 0.3 is 5.97 Å². The highest BCUT2D eigenvalue weighted by atomic mass is 79.9. The molecule has 1 rings (SSSR count). The SMILES string of the molecule is C=CCN(CC(=O)O)C(=O)c1cccc(Br)c1C. The summed E-state index contributed by atoms with van der Waals surface area (Å²) in [6, 6.07) is 5.26. The molecule has 1 N–H and O–H groups in total. The molecular weight excluding hydrogens is 298 g/mol. The van der Waals surface area contributed by atoms with E-state index in [2.05, 4.69) is 22.5 Å². The van der Waals surface area contributed by atoms with Gasteiger partial charge in [-0.05, 0) is 24.6 Å². The molecule has 0 aliphatic rings. The number of halogens is 1. The van der Waals surface area contributed by atoms with Gasteiger partial charge in [0.05, 0.1) is 0 Å². The van der Waals surface area contributed by atoms with E-state index in [0.29, 0.717) is 5.56 Å². The van der Waals surface area contributed by atoms with Gasteiger partial charge < -0.3 is 10.0 Å². The summed E-state index contributed by atoms with van der Waals surface area (Å²) in [5, 5.41) is 8.79. The van der Waals surface area contributed by atoms with Crippen molar-refractivity contribution in [3.63, 3.8) is 0 Å². The fraction of sp³-hybridized carbons (Fsp3) is 0.231. The number of aliphatic carboxylic acids is 1. The molecule has 0 radical (unpaired) electrons. The Hall–Kier alpha value is -1.62. The van der Waals surface area contributed by atoms with Crippen LogP contribution in [0.5, 0.6) is 0 Å². The smallest absolute Gasteiger partial charge is 0.323 e. The van der Waals surface area contributed by atoms with Crippen molar-refractivity contribution >= 4 is 27.8 Å². The van der Waals surface area contributed by atoms with Gasteiger partial charge in [-0.2, -0.15) is 0 Å². The first kappa shape index (κ1) is 14.4. The first-order chi connectivity index (χ1) is 8.47. The van der Waals surface area contributed by atoms with Crippen LogP contribution in [0.3, 0.4) is 0 Å². The number of amides is 1. The van der Waals surface area contributed by atoms with E-state index >= 15 is 0 Å². The van der Waals surface area contributed by atoms with Gasteiger partial charge in [0.2, 0.25) is 0 Å². The molecule has 0 unspecified atom stereocenters. The molecule has 0 aromatic heterocycles. The quantitative estimate of drug-likeness (QED) is 0.850. The Morgan fingerprint density at radius 1 is 1.50 bits per heavy atom. The van der Waals surface area contributed by atoms with Crippen molar-refractivity contribution in [2.45, 2.75) is 6.92 Å². The molecule has 0 atom stereocenters. The Balaban J connectivity index is 3.05. The van der Waals surface area contributed by atoms with E-state index in [9.17, 15) is 9.59 Å². The summed E-state index contributed by atoms with van der Waals surface area (Å²) in [7, 11) is 0. The number of benzene rings is 1. The van der Waals surface area contributed by atoms with Crippen LogP contribution in [0.2, 0.25) is 0 Å². The predicted octanol–water partition coefficient (Wildman–Crippen LogP) is 2.47. The number of carboxylic acid groups (broad SMARTS) is 1. The summed E-state index contributed by atoms with van der Waals surface area (Å²) in [5.41, 5.74) is 1.29. The Kier molecular flexibility index (Phi) is 5.09. The first-order valence-electron chi connectivity index (χ1n) is 5.34. The Morgan fingerprint density at radius 2 is 2.17 bits per heavy atom. The predicted molar refractivity (Wildman–Crippen MR) is 72.6 cm³/mol. The molecule has 0 spiro atoms. The summed E-state index contributed by atoms with van der Waals surface area (Å²) in [4.78, 5) is 24.2. The summed E-state index contributed by atoms with van der Waals surface area (Å²) in [6.07, 6.45) is 1.51. The van der Waals surface area contributed by atoms with Gasteiger partial charge in [-0.3, -0.25) is 9.59 Å². The molecule has 0 heterocycles. The van der Waals surface area contributed by atoms with Gasteiger partial charge in [-0.25, -0.2) is 0 Å². The minimum atomic E-state index is -1.04. The molecular formula is C13H14BrNO3. The largest absolute Gasteiger partial charge is 0.480 e. The van der Waals surface area contributed by atoms with Crippen LogP contribution in [0.15, 0.2) is 35.3 Å². The van der Waals surface area contributed by atoms with E-state index < -0.39 is 5.97 Å². The van der Waals surface area contributed by atoms with E-state index in [1.807, 2.05) is 13.0 Å². The van der Waals surface area contributed by atoms with E-state index in [0.717, 1.165) is 10.0 Å². The highest BCUT2D eigenvalue weighted by molar-refractivity contribution is 9.10. The van der Waals surface area contributed by atoms with Crippen LogP contribution >= 0.6 is 15.9 Å². The maximum Gasteiger partial charge on any atom is 0.323 e. The highest BCUT2D eigenvalue weighted by Gasteiger charge is 2.19. The fourth-order valence-electron chi connectivity index (χ4n) is 1.55. The van der Waals surface area contributed by atoms with Crippen LogP contribution in [0, 0.1) is 6.92 Å². The number of carbonyl (C=O) groups excluding carboxylic acids is 1. The van der Waals surface area contributed by atoms with Gasteiger partial charge in [-0.1, -0.05) is 28.1 Å². The van der Waals surface area contributed by atoms with Crippen molar-refractivity contribution in [1.82, 2.24) is 4.90 Å². The zero-order valence-corrected chi connectivity index (χ0v) is 11.6. The lowest BCUT2D eigenvalue weighted by atomic mass is 10.1. The molecule has 4 nitrogen and oxygen atoms in total. The lowest BCUT2D eigenvalue weighted by Crippen LogP contribution is -2.36. The molecule has 5 heteroatoms. The van der Waals surface area contributed by atoms with Crippen molar-refractivity contribution in [1.29, 1.82) is 0 Å². The second-order valence-electron chi connectivity index (χ2n) is 3.78. The molecule has 0 aliphatic heterocycles. The zero-order chi connectivity index (χ0) is 13.7. The van der Waals surface area contributed by atoms with Gasteiger partial charge in [-0.15, -0.1) is 6.58 Å². The summed E-state index contributed by atoms with van der Waals surface area (Å²) >= 11 is 3.35. The molecule has 0 fully saturated rings. The van der Waals surface area contributed by atoms with Gasteiger partial charge in [0, 0.05) is 16.6 Å². The number of carboxylic acids is 1. The standard InChI is InChI=1S/C13H14BrNO3/c1-3-7-15(8-12(16)17)13(18)10-5-4-6-11(14)9(10)2/h3-6H,1,7-8H2,2H3,(H,16,17). The lowest BCUT2D eigenvalue weighted by molar-refractivity contribution is -0.137. The Bertz CT molecular complexity index is 485. The van der Waals surface area contributed by atoms with Gasteiger partial charge in [0.25, 0.3) is 5.91 Å². The molecule has 1 aromatic rings. The van der Waals surface area contributed by atoms with Crippen LogP contribution in [-0.4, -0.2) is 35.0 Å². The Morgan fingerprint density at radius 3 is 2.72 bits per heavy atom. The second kappa shape index (κ2) is 6.35. The van der Waals surface area contributed by atoms with Crippen LogP contribution in [0.25, 0.3) is 0 Å². The molecule has 1 amide bonds. The minimum absolute atomic E-state index is 0.205. The average Bonchev–Trinajstić information content (AvgIpc) is 2.31. The summed E-state index contributed by atoms with van der Waals surface area (Å²) in [6.45, 7) is 5.21.